The van der Waals surface area contributed by atoms with E-state index in [2.05, 4.69) is 20.8 Å². The first-order valence-corrected chi connectivity index (χ1v) is 9.01. The van der Waals surface area contributed by atoms with Crippen LogP contribution in [0.15, 0.2) is 0 Å². The van der Waals surface area contributed by atoms with Crippen molar-refractivity contribution in [1.82, 2.24) is 0 Å². The van der Waals surface area contributed by atoms with Gasteiger partial charge in [0.05, 0.1) is 18.5 Å². The van der Waals surface area contributed by atoms with Gasteiger partial charge in [0.1, 0.15) is 0 Å². The summed E-state index contributed by atoms with van der Waals surface area (Å²) < 4.78 is 22.3. The van der Waals surface area contributed by atoms with Crippen molar-refractivity contribution in [2.45, 2.75) is 20.8 Å². The molecule has 0 aromatic heterocycles. The van der Waals surface area contributed by atoms with Gasteiger partial charge >= 0.3 is 0 Å². The summed E-state index contributed by atoms with van der Waals surface area (Å²) in [5, 5.41) is 0. The van der Waals surface area contributed by atoms with E-state index < -0.39 is 17.1 Å². The summed E-state index contributed by atoms with van der Waals surface area (Å²) >= 11 is 0. The monoisotopic (exact) mass is 211 g/mol. The molecule has 0 saturated carbocycles. The van der Waals surface area contributed by atoms with E-state index in [1.165, 1.54) is 6.26 Å². The van der Waals surface area contributed by atoms with Crippen LogP contribution in [-0.4, -0.2) is 38.7 Å². The van der Waals surface area contributed by atoms with Gasteiger partial charge in [-0.2, -0.15) is 0 Å². The fourth-order valence-corrected chi connectivity index (χ4v) is 8.95. The van der Waals surface area contributed by atoms with Crippen molar-refractivity contribution in [2.24, 2.45) is 0 Å². The Morgan fingerprint density at radius 1 is 1.00 bits per heavy atom. The molecule has 0 amide bonds. The van der Waals surface area contributed by atoms with Crippen LogP contribution in [-0.2, 0) is 9.84 Å². The Labute approximate surface area is 77.0 Å². The lowest BCUT2D eigenvalue weighted by Gasteiger charge is -2.21. The molecule has 0 N–H and O–H groups in total. The topological polar surface area (TPSA) is 34.1 Å². The summed E-state index contributed by atoms with van der Waals surface area (Å²) in [5.74, 6) is 0. The van der Waals surface area contributed by atoms with E-state index in [4.69, 9.17) is 0 Å². The Morgan fingerprint density at radius 2 is 1.33 bits per heavy atom. The number of hydrogen-bond donors (Lipinski definition) is 0. The van der Waals surface area contributed by atoms with Crippen LogP contribution in [0.3, 0.4) is 0 Å². The molecule has 0 heterocycles. The number of sulfone groups is 1. The smallest absolute Gasteiger partial charge is 0.181 e. The maximum Gasteiger partial charge on any atom is 0.181 e. The van der Waals surface area contributed by atoms with E-state index in [1.807, 2.05) is 0 Å². The van der Waals surface area contributed by atoms with Crippen LogP contribution in [0.4, 0.5) is 0 Å². The molecular formula is C8H20O2PS+. The lowest BCUT2D eigenvalue weighted by Crippen LogP contribution is -2.14. The van der Waals surface area contributed by atoms with E-state index in [1.54, 1.807) is 0 Å². The summed E-state index contributed by atoms with van der Waals surface area (Å²) in [7, 11) is -3.92. The fourth-order valence-electron chi connectivity index (χ4n) is 1.44. The Hall–Kier alpha value is 0.380. The van der Waals surface area contributed by atoms with Crippen molar-refractivity contribution >= 4 is 17.1 Å². The number of hydrogen-bond acceptors (Lipinski definition) is 2. The van der Waals surface area contributed by atoms with Crippen molar-refractivity contribution in [3.63, 3.8) is 0 Å². The van der Waals surface area contributed by atoms with Crippen molar-refractivity contribution in [1.29, 1.82) is 0 Å². The van der Waals surface area contributed by atoms with E-state index in [-0.39, 0.29) is 0 Å². The van der Waals surface area contributed by atoms with E-state index in [9.17, 15) is 8.42 Å². The largest absolute Gasteiger partial charge is 0.225 e. The second-order valence-electron chi connectivity index (χ2n) is 3.35. The molecule has 0 radical (unpaired) electrons. The van der Waals surface area contributed by atoms with Gasteiger partial charge in [-0.1, -0.05) is 0 Å². The highest BCUT2D eigenvalue weighted by Crippen LogP contribution is 2.58. The minimum Gasteiger partial charge on any atom is -0.225 e. The number of rotatable bonds is 5. The highest BCUT2D eigenvalue weighted by molar-refractivity contribution is 8.01. The van der Waals surface area contributed by atoms with Gasteiger partial charge in [-0.05, 0) is 20.8 Å². The molecule has 0 aliphatic carbocycles. The first-order chi connectivity index (χ1) is 5.39. The lowest BCUT2D eigenvalue weighted by molar-refractivity contribution is 0.606. The van der Waals surface area contributed by atoms with Gasteiger partial charge < -0.3 is 0 Å². The molecule has 4 heteroatoms. The molecule has 0 bridgehead atoms. The first kappa shape index (κ1) is 12.4. The second-order valence-corrected chi connectivity index (χ2v) is 10.8. The minimum absolute atomic E-state index is 0.448. The molecule has 0 rings (SSSR count). The molecule has 12 heavy (non-hydrogen) atoms. The quantitative estimate of drug-likeness (QED) is 0.652. The van der Waals surface area contributed by atoms with Crippen LogP contribution in [0.1, 0.15) is 20.8 Å². The Morgan fingerprint density at radius 3 is 1.42 bits per heavy atom. The molecule has 0 aliphatic rings. The molecule has 74 valence electrons. The molecule has 0 fully saturated rings. The Balaban J connectivity index is 4.52. The molecule has 0 aliphatic heterocycles. The van der Waals surface area contributed by atoms with Crippen molar-refractivity contribution in [3.8, 4) is 0 Å². The van der Waals surface area contributed by atoms with Gasteiger partial charge in [-0.15, -0.1) is 0 Å². The molecule has 0 unspecified atom stereocenters. The summed E-state index contributed by atoms with van der Waals surface area (Å²) in [6.45, 7) is 6.35. The van der Waals surface area contributed by atoms with E-state index in [0.717, 1.165) is 18.5 Å². The van der Waals surface area contributed by atoms with Crippen LogP contribution in [0.2, 0.25) is 0 Å². The Kier molecular flexibility index (Phi) is 4.71. The average molecular weight is 211 g/mol. The highest BCUT2D eigenvalue weighted by Gasteiger charge is 2.35. The Bertz CT molecular complexity index is 209. The van der Waals surface area contributed by atoms with Gasteiger partial charge in [-0.25, -0.2) is 8.42 Å². The molecule has 0 aromatic rings. The van der Waals surface area contributed by atoms with Crippen molar-refractivity contribution in [3.05, 3.63) is 0 Å². The fraction of sp³-hybridized carbons (Fsp3) is 1.00. The zero-order valence-corrected chi connectivity index (χ0v) is 10.2. The second kappa shape index (κ2) is 4.57. The van der Waals surface area contributed by atoms with Crippen LogP contribution in [0.5, 0.6) is 0 Å². The van der Waals surface area contributed by atoms with Gasteiger partial charge in [-0.3, -0.25) is 0 Å². The van der Waals surface area contributed by atoms with Gasteiger partial charge in [0.2, 0.25) is 0 Å². The predicted molar refractivity (Wildman–Crippen MR) is 58.3 cm³/mol. The molecule has 2 nitrogen and oxygen atoms in total. The van der Waals surface area contributed by atoms with Crippen molar-refractivity contribution < 1.29 is 8.42 Å². The van der Waals surface area contributed by atoms with E-state index in [0.29, 0.717) is 5.49 Å². The predicted octanol–water partition coefficient (Wildman–Crippen LogP) is 2.07. The SMILES string of the molecule is CC[P+](CC)(CC)CS(C)(=O)=O. The normalized spacial score (nSPS) is 13.3. The standard InChI is InChI=1S/C8H20O2PS/c1-5-11(6-2,7-3)8-12(4,9)10/h5-8H2,1-4H3/q+1. The minimum atomic E-state index is -2.77. The van der Waals surface area contributed by atoms with Crippen LogP contribution in [0, 0.1) is 0 Å². The first-order valence-electron chi connectivity index (χ1n) is 4.42. The molecule has 0 spiro atoms. The third-order valence-corrected chi connectivity index (χ3v) is 10.6. The van der Waals surface area contributed by atoms with Gasteiger partial charge in [0, 0.05) is 13.5 Å². The van der Waals surface area contributed by atoms with Crippen LogP contribution >= 0.6 is 7.26 Å². The highest BCUT2D eigenvalue weighted by atomic mass is 32.2. The summed E-state index contributed by atoms with van der Waals surface area (Å²) in [5.41, 5.74) is 0.448. The molecule has 0 atom stereocenters. The summed E-state index contributed by atoms with van der Waals surface area (Å²) in [6.07, 6.45) is 4.54. The van der Waals surface area contributed by atoms with E-state index >= 15 is 0 Å². The molecule has 0 aromatic carbocycles. The zero-order valence-electron chi connectivity index (χ0n) is 8.50. The third kappa shape index (κ3) is 3.86. The van der Waals surface area contributed by atoms with Gasteiger partial charge in [0.15, 0.2) is 15.3 Å². The van der Waals surface area contributed by atoms with Crippen LogP contribution in [0.25, 0.3) is 0 Å². The maximum absolute atomic E-state index is 11.2. The lowest BCUT2D eigenvalue weighted by atomic mass is 10.9. The van der Waals surface area contributed by atoms with Crippen molar-refractivity contribution in [2.75, 3.05) is 30.2 Å². The van der Waals surface area contributed by atoms with Gasteiger partial charge in [0.25, 0.3) is 0 Å². The maximum atomic E-state index is 11.2. The summed E-state index contributed by atoms with van der Waals surface area (Å²) in [6, 6.07) is 0. The average Bonchev–Trinajstić information content (AvgIpc) is 1.99. The summed E-state index contributed by atoms with van der Waals surface area (Å²) in [4.78, 5) is 0. The van der Waals surface area contributed by atoms with Crippen LogP contribution < -0.4 is 0 Å². The molecular weight excluding hydrogens is 191 g/mol. The zero-order chi connectivity index (χ0) is 9.83. The molecule has 0 saturated heterocycles. The third-order valence-electron chi connectivity index (χ3n) is 2.52.